The summed E-state index contributed by atoms with van der Waals surface area (Å²) in [6.45, 7) is 1.96. The zero-order valence-corrected chi connectivity index (χ0v) is 18.1. The van der Waals surface area contributed by atoms with Crippen molar-refractivity contribution in [1.29, 1.82) is 0 Å². The van der Waals surface area contributed by atoms with Gasteiger partial charge >= 0.3 is 0 Å². The van der Waals surface area contributed by atoms with Gasteiger partial charge in [-0.25, -0.2) is 4.98 Å². The van der Waals surface area contributed by atoms with E-state index < -0.39 is 6.10 Å². The SMILES string of the molecule is C[C@@H](Oc1ccccc1)c1nc2ccccc2n1C[C@@H](O)CN1C(=O)c2ccccc2C1=O. The van der Waals surface area contributed by atoms with Crippen molar-refractivity contribution in [2.75, 3.05) is 6.54 Å². The monoisotopic (exact) mass is 441 g/mol. The van der Waals surface area contributed by atoms with Crippen molar-refractivity contribution < 1.29 is 19.4 Å². The van der Waals surface area contributed by atoms with Crippen molar-refractivity contribution in [1.82, 2.24) is 14.5 Å². The number of carbonyl (C=O) groups is 2. The largest absolute Gasteiger partial charge is 0.483 e. The third-order valence-corrected chi connectivity index (χ3v) is 5.77. The number of fused-ring (bicyclic) bond motifs is 2. The van der Waals surface area contributed by atoms with Crippen LogP contribution in [-0.2, 0) is 6.54 Å². The number of β-amino-alcohol motifs (C(OH)–C–C–N with tert-alkyl or cyclic N) is 1. The highest BCUT2D eigenvalue weighted by Crippen LogP contribution is 2.27. The number of aromatic nitrogens is 2. The van der Waals surface area contributed by atoms with Gasteiger partial charge in [0, 0.05) is 0 Å². The summed E-state index contributed by atoms with van der Waals surface area (Å²) in [4.78, 5) is 31.2. The zero-order valence-electron chi connectivity index (χ0n) is 18.1. The number of ether oxygens (including phenoxy) is 1. The Kier molecular flexibility index (Phi) is 5.40. The van der Waals surface area contributed by atoms with Gasteiger partial charge in [-0.1, -0.05) is 42.5 Å². The highest BCUT2D eigenvalue weighted by atomic mass is 16.5. The summed E-state index contributed by atoms with van der Waals surface area (Å²) < 4.78 is 7.97. The minimum Gasteiger partial charge on any atom is -0.483 e. The number of aliphatic hydroxyl groups is 1. The van der Waals surface area contributed by atoms with Gasteiger partial charge in [0.15, 0.2) is 11.9 Å². The lowest BCUT2D eigenvalue weighted by Crippen LogP contribution is -2.38. The molecule has 1 aliphatic heterocycles. The molecule has 1 aromatic heterocycles. The van der Waals surface area contributed by atoms with Crippen LogP contribution in [0.15, 0.2) is 78.9 Å². The Morgan fingerprint density at radius 3 is 2.15 bits per heavy atom. The molecule has 0 fully saturated rings. The molecule has 7 heteroatoms. The van der Waals surface area contributed by atoms with Gasteiger partial charge in [-0.05, 0) is 43.3 Å². The summed E-state index contributed by atoms with van der Waals surface area (Å²) in [7, 11) is 0. The van der Waals surface area contributed by atoms with Crippen molar-refractivity contribution in [2.45, 2.75) is 25.7 Å². The molecule has 0 unspecified atom stereocenters. The number of hydrogen-bond donors (Lipinski definition) is 1. The topological polar surface area (TPSA) is 84.7 Å². The first-order valence-corrected chi connectivity index (χ1v) is 10.8. The van der Waals surface area contributed by atoms with Gasteiger partial charge in [-0.2, -0.15) is 0 Å². The smallest absolute Gasteiger partial charge is 0.261 e. The van der Waals surface area contributed by atoms with E-state index in [4.69, 9.17) is 9.72 Å². The molecule has 7 nitrogen and oxygen atoms in total. The Hall–Kier alpha value is -3.97. The molecular weight excluding hydrogens is 418 g/mol. The maximum absolute atomic E-state index is 12.7. The number of amides is 2. The molecule has 3 aromatic carbocycles. The third kappa shape index (κ3) is 3.87. The molecule has 0 bridgehead atoms. The second-order valence-electron chi connectivity index (χ2n) is 8.06. The third-order valence-electron chi connectivity index (χ3n) is 5.77. The van der Waals surface area contributed by atoms with Crippen LogP contribution in [0.5, 0.6) is 5.75 Å². The lowest BCUT2D eigenvalue weighted by atomic mass is 10.1. The lowest BCUT2D eigenvalue weighted by Gasteiger charge is -2.22. The van der Waals surface area contributed by atoms with Crippen molar-refractivity contribution >= 4 is 22.8 Å². The van der Waals surface area contributed by atoms with Gasteiger partial charge in [0.05, 0.1) is 41.4 Å². The molecule has 0 saturated heterocycles. The fourth-order valence-corrected chi connectivity index (χ4v) is 4.24. The van der Waals surface area contributed by atoms with Crippen molar-refractivity contribution in [3.63, 3.8) is 0 Å². The van der Waals surface area contributed by atoms with Crippen LogP contribution < -0.4 is 4.74 Å². The van der Waals surface area contributed by atoms with Crippen LogP contribution in [0.3, 0.4) is 0 Å². The van der Waals surface area contributed by atoms with Crippen molar-refractivity contribution in [3.8, 4) is 5.75 Å². The zero-order chi connectivity index (χ0) is 22.9. The molecule has 1 aliphatic rings. The highest BCUT2D eigenvalue weighted by Gasteiger charge is 2.36. The van der Waals surface area contributed by atoms with E-state index in [0.29, 0.717) is 17.0 Å². The van der Waals surface area contributed by atoms with E-state index in [1.807, 2.05) is 66.1 Å². The lowest BCUT2D eigenvalue weighted by molar-refractivity contribution is 0.0518. The Labute approximate surface area is 190 Å². The second kappa shape index (κ2) is 8.52. The Morgan fingerprint density at radius 2 is 1.45 bits per heavy atom. The summed E-state index contributed by atoms with van der Waals surface area (Å²) in [6.07, 6.45) is -1.36. The summed E-state index contributed by atoms with van der Waals surface area (Å²) in [6, 6.07) is 23.8. The summed E-state index contributed by atoms with van der Waals surface area (Å²) in [5.74, 6) is 0.605. The van der Waals surface area contributed by atoms with Crippen LogP contribution in [0, 0.1) is 0 Å². The number of rotatable bonds is 7. The standard InChI is InChI=1S/C26H23N3O4/c1-17(33-19-9-3-2-4-10-19)24-27-22-13-7-8-14-23(22)28(24)15-18(30)16-29-25(31)20-11-5-6-12-21(20)26(29)32/h2-14,17-18,30H,15-16H2,1H3/t17-,18-/m1/s1. The highest BCUT2D eigenvalue weighted by molar-refractivity contribution is 6.21. The van der Waals surface area contributed by atoms with Crippen LogP contribution >= 0.6 is 0 Å². The van der Waals surface area contributed by atoms with E-state index in [2.05, 4.69) is 0 Å². The first kappa shape index (κ1) is 20.9. The van der Waals surface area contributed by atoms with Crippen molar-refractivity contribution in [2.24, 2.45) is 0 Å². The molecule has 2 atom stereocenters. The van der Waals surface area contributed by atoms with E-state index in [9.17, 15) is 14.7 Å². The van der Waals surface area contributed by atoms with Crippen LogP contribution in [0.2, 0.25) is 0 Å². The van der Waals surface area contributed by atoms with Crippen molar-refractivity contribution in [3.05, 3.63) is 95.8 Å². The van der Waals surface area contributed by atoms with Gasteiger partial charge in [0.25, 0.3) is 11.8 Å². The Morgan fingerprint density at radius 1 is 0.848 bits per heavy atom. The summed E-state index contributed by atoms with van der Waals surface area (Å²) in [5.41, 5.74) is 2.36. The molecule has 5 rings (SSSR count). The van der Waals surface area contributed by atoms with E-state index >= 15 is 0 Å². The van der Waals surface area contributed by atoms with Crippen LogP contribution in [0.4, 0.5) is 0 Å². The molecule has 33 heavy (non-hydrogen) atoms. The molecule has 166 valence electrons. The molecule has 2 heterocycles. The number of nitrogens with zero attached hydrogens (tertiary/aromatic N) is 3. The fourth-order valence-electron chi connectivity index (χ4n) is 4.24. The maximum Gasteiger partial charge on any atom is 0.261 e. The quantitative estimate of drug-likeness (QED) is 0.441. The molecule has 4 aromatic rings. The summed E-state index contributed by atoms with van der Waals surface area (Å²) in [5, 5.41) is 10.9. The molecular formula is C26H23N3O4. The average molecular weight is 441 g/mol. The maximum atomic E-state index is 12.7. The van der Waals surface area contributed by atoms with Gasteiger partial charge < -0.3 is 14.4 Å². The second-order valence-corrected chi connectivity index (χ2v) is 8.06. The number of aliphatic hydroxyl groups excluding tert-OH is 1. The fraction of sp³-hybridized carbons (Fsp3) is 0.192. The number of carbonyl (C=O) groups excluding carboxylic acids is 2. The first-order valence-electron chi connectivity index (χ1n) is 10.8. The molecule has 0 spiro atoms. The van der Waals surface area contributed by atoms with Gasteiger partial charge in [-0.15, -0.1) is 0 Å². The minimum atomic E-state index is -0.979. The van der Waals surface area contributed by atoms with E-state index in [1.165, 1.54) is 0 Å². The van der Waals surface area contributed by atoms with E-state index in [-0.39, 0.29) is 31.0 Å². The average Bonchev–Trinajstić information content (AvgIpc) is 3.31. The molecule has 0 radical (unpaired) electrons. The number of benzene rings is 3. The van der Waals surface area contributed by atoms with Gasteiger partial charge in [-0.3, -0.25) is 14.5 Å². The van der Waals surface area contributed by atoms with Gasteiger partial charge in [0.2, 0.25) is 0 Å². The van der Waals surface area contributed by atoms with Crippen LogP contribution in [-0.4, -0.2) is 44.0 Å². The molecule has 1 N–H and O–H groups in total. The van der Waals surface area contributed by atoms with Crippen LogP contribution in [0.25, 0.3) is 11.0 Å². The predicted molar refractivity (Wildman–Crippen MR) is 123 cm³/mol. The first-order chi connectivity index (χ1) is 16.0. The predicted octanol–water partition coefficient (Wildman–Crippen LogP) is 3.83. The Bertz CT molecular complexity index is 1300. The summed E-state index contributed by atoms with van der Waals surface area (Å²) >= 11 is 0. The van der Waals surface area contributed by atoms with E-state index in [0.717, 1.165) is 21.7 Å². The Balaban J connectivity index is 1.40. The molecule has 2 amide bonds. The normalized spacial score (nSPS) is 15.0. The molecule has 0 aliphatic carbocycles. The van der Waals surface area contributed by atoms with Gasteiger partial charge in [0.1, 0.15) is 5.75 Å². The molecule has 0 saturated carbocycles. The number of hydrogen-bond acceptors (Lipinski definition) is 5. The number of para-hydroxylation sites is 3. The minimum absolute atomic E-state index is 0.105. The van der Waals surface area contributed by atoms with Crippen LogP contribution in [0.1, 0.15) is 39.6 Å². The number of imide groups is 1. The van der Waals surface area contributed by atoms with E-state index in [1.54, 1.807) is 24.3 Å². The number of imidazole rings is 1.